The fraction of sp³-hybridized carbons (Fsp3) is 0.188. The van der Waals surface area contributed by atoms with E-state index in [1.807, 2.05) is 62.4 Å². The number of rotatable bonds is 11. The third kappa shape index (κ3) is 6.46. The van der Waals surface area contributed by atoms with Crippen LogP contribution in [0.25, 0.3) is 10.8 Å². The van der Waals surface area contributed by atoms with E-state index < -0.39 is 17.8 Å². The fourth-order valence-corrected chi connectivity index (χ4v) is 5.01. The summed E-state index contributed by atoms with van der Waals surface area (Å²) in [6.07, 6.45) is 1.76. The minimum atomic E-state index is -1.32. The van der Waals surface area contributed by atoms with Gasteiger partial charge < -0.3 is 20.3 Å². The highest BCUT2D eigenvalue weighted by Crippen LogP contribution is 2.31. The smallest absolute Gasteiger partial charge is 0.336 e. The predicted octanol–water partition coefficient (Wildman–Crippen LogP) is 5.06. The molecule has 0 aliphatic rings. The van der Waals surface area contributed by atoms with Crippen LogP contribution in [-0.4, -0.2) is 47.6 Å². The van der Waals surface area contributed by atoms with Gasteiger partial charge in [0.15, 0.2) is 0 Å². The molecule has 0 saturated heterocycles. The van der Waals surface area contributed by atoms with E-state index in [4.69, 9.17) is 0 Å². The van der Waals surface area contributed by atoms with E-state index in [2.05, 4.69) is 5.32 Å². The lowest BCUT2D eigenvalue weighted by atomic mass is 9.65. The number of carbonyl (C=O) groups excluding carboxylic acids is 2. The standard InChI is InChI=1S/C32H30BNO6/c1-19-5-3-7-21(17-19)13-15-33-29(35)23-9-10-24(30(36)34-16-14-22-8-4-6-20(2)18-22)28-26(32(39)40)12-11-25(27(23)28)31(37)38/h3-12,17-18,33H,13-16H2,1-2H3,(H,34,36)(H,37,38)(H,39,40). The first-order valence-electron chi connectivity index (χ1n) is 13.1. The van der Waals surface area contributed by atoms with E-state index in [0.29, 0.717) is 25.7 Å². The molecule has 40 heavy (non-hydrogen) atoms. The third-order valence-corrected chi connectivity index (χ3v) is 6.90. The predicted molar refractivity (Wildman–Crippen MR) is 156 cm³/mol. The number of hydrogen-bond donors (Lipinski definition) is 3. The molecule has 0 atom stereocenters. The Labute approximate surface area is 233 Å². The van der Waals surface area contributed by atoms with Gasteiger partial charge in [-0.05, 0) is 56.0 Å². The molecule has 0 radical (unpaired) electrons. The first-order chi connectivity index (χ1) is 19.2. The Morgan fingerprint density at radius 2 is 1.18 bits per heavy atom. The summed E-state index contributed by atoms with van der Waals surface area (Å²) >= 11 is 0. The van der Waals surface area contributed by atoms with Crippen molar-refractivity contribution in [2.45, 2.75) is 33.0 Å². The average molecular weight is 535 g/mol. The van der Waals surface area contributed by atoms with Crippen LogP contribution < -0.4 is 5.32 Å². The van der Waals surface area contributed by atoms with Gasteiger partial charge in [0.05, 0.1) is 11.1 Å². The second-order valence-electron chi connectivity index (χ2n) is 9.94. The Morgan fingerprint density at radius 3 is 1.73 bits per heavy atom. The van der Waals surface area contributed by atoms with Crippen LogP contribution in [0.5, 0.6) is 0 Å². The van der Waals surface area contributed by atoms with Gasteiger partial charge in [-0.2, -0.15) is 0 Å². The summed E-state index contributed by atoms with van der Waals surface area (Å²) in [6, 6.07) is 21.1. The largest absolute Gasteiger partial charge is 0.478 e. The summed E-state index contributed by atoms with van der Waals surface area (Å²) in [5, 5.41) is 22.6. The van der Waals surface area contributed by atoms with Crippen LogP contribution in [0, 0.1) is 13.8 Å². The number of nitrogens with one attached hydrogen (secondary N) is 1. The van der Waals surface area contributed by atoms with Crippen molar-refractivity contribution in [3.05, 3.63) is 117 Å². The molecule has 4 aromatic rings. The maximum absolute atomic E-state index is 13.4. The monoisotopic (exact) mass is 535 g/mol. The van der Waals surface area contributed by atoms with Gasteiger partial charge in [0.1, 0.15) is 5.68 Å². The van der Waals surface area contributed by atoms with Crippen LogP contribution in [0.3, 0.4) is 0 Å². The third-order valence-electron chi connectivity index (χ3n) is 6.90. The molecule has 7 nitrogen and oxygen atoms in total. The quantitative estimate of drug-likeness (QED) is 0.231. The first kappa shape index (κ1) is 28.3. The van der Waals surface area contributed by atoms with Crippen molar-refractivity contribution < 1.29 is 29.4 Å². The highest BCUT2D eigenvalue weighted by molar-refractivity contribution is 6.78. The van der Waals surface area contributed by atoms with E-state index in [1.165, 1.54) is 24.3 Å². The summed E-state index contributed by atoms with van der Waals surface area (Å²) in [5.74, 6) is -3.17. The SMILES string of the molecule is Cc1cccc(CCBC(=O)c2ccc(C(=O)NCCc3cccc(C)c3)c3c(C(=O)O)ccc(C(=O)O)c23)c1. The van der Waals surface area contributed by atoms with Crippen molar-refractivity contribution in [3.8, 4) is 0 Å². The van der Waals surface area contributed by atoms with E-state index in [-0.39, 0.29) is 46.0 Å². The maximum atomic E-state index is 13.4. The number of amides is 1. The van der Waals surface area contributed by atoms with Crippen LogP contribution in [0.2, 0.25) is 6.32 Å². The van der Waals surface area contributed by atoms with Gasteiger partial charge in [-0.3, -0.25) is 4.79 Å². The van der Waals surface area contributed by atoms with Gasteiger partial charge in [0, 0.05) is 28.4 Å². The van der Waals surface area contributed by atoms with Gasteiger partial charge in [-0.15, -0.1) is 0 Å². The van der Waals surface area contributed by atoms with Crippen LogP contribution >= 0.6 is 0 Å². The number of aromatic carboxylic acids is 2. The Hall–Kier alpha value is -4.72. The van der Waals surface area contributed by atoms with Crippen molar-refractivity contribution in [1.29, 1.82) is 0 Å². The van der Waals surface area contributed by atoms with E-state index in [0.717, 1.165) is 22.3 Å². The lowest BCUT2D eigenvalue weighted by Gasteiger charge is -2.15. The van der Waals surface area contributed by atoms with Crippen molar-refractivity contribution in [2.24, 2.45) is 0 Å². The summed E-state index contributed by atoms with van der Waals surface area (Å²) in [4.78, 5) is 51.0. The average Bonchev–Trinajstić information content (AvgIpc) is 2.91. The van der Waals surface area contributed by atoms with Gasteiger partial charge in [0.25, 0.3) is 5.91 Å². The zero-order valence-electron chi connectivity index (χ0n) is 22.5. The number of carbonyl (C=O) groups is 4. The molecule has 8 heteroatoms. The van der Waals surface area contributed by atoms with Crippen molar-refractivity contribution >= 4 is 41.6 Å². The van der Waals surface area contributed by atoms with Crippen LogP contribution in [0.1, 0.15) is 63.7 Å². The molecule has 0 heterocycles. The molecule has 4 rings (SSSR count). The molecule has 0 bridgehead atoms. The molecule has 1 amide bonds. The Kier molecular flexibility index (Phi) is 8.79. The lowest BCUT2D eigenvalue weighted by Crippen LogP contribution is -2.27. The highest BCUT2D eigenvalue weighted by atomic mass is 16.4. The molecule has 0 spiro atoms. The number of aryl methyl sites for hydroxylation is 3. The Bertz CT molecular complexity index is 1510. The molecule has 0 aliphatic carbocycles. The normalized spacial score (nSPS) is 10.8. The molecule has 0 unspecified atom stereocenters. The molecule has 0 saturated carbocycles. The molecule has 4 aromatic carbocycles. The molecule has 0 fully saturated rings. The first-order valence-corrected chi connectivity index (χ1v) is 13.1. The van der Waals surface area contributed by atoms with Crippen molar-refractivity contribution in [1.82, 2.24) is 5.32 Å². The summed E-state index contributed by atoms with van der Waals surface area (Å²) in [5.41, 5.74) is 3.68. The molecule has 0 aliphatic heterocycles. The number of carboxylic acids is 2. The maximum Gasteiger partial charge on any atom is 0.336 e. The zero-order chi connectivity index (χ0) is 28.8. The molecule has 3 N–H and O–H groups in total. The number of carboxylic acid groups (broad SMARTS) is 2. The minimum absolute atomic E-state index is 0.0102. The molecule has 0 aromatic heterocycles. The van der Waals surface area contributed by atoms with Crippen molar-refractivity contribution in [2.75, 3.05) is 6.54 Å². The number of fused-ring (bicyclic) bond motifs is 1. The second kappa shape index (κ2) is 12.4. The molecule has 202 valence electrons. The number of hydrogen-bond acceptors (Lipinski definition) is 4. The minimum Gasteiger partial charge on any atom is -0.478 e. The lowest BCUT2D eigenvalue weighted by molar-refractivity contribution is 0.0684. The fourth-order valence-electron chi connectivity index (χ4n) is 5.01. The van der Waals surface area contributed by atoms with Gasteiger partial charge in [-0.1, -0.05) is 72.0 Å². The summed E-state index contributed by atoms with van der Waals surface area (Å²) < 4.78 is 0. The van der Waals surface area contributed by atoms with Crippen molar-refractivity contribution in [3.63, 3.8) is 0 Å². The summed E-state index contributed by atoms with van der Waals surface area (Å²) in [7, 11) is 0.140. The topological polar surface area (TPSA) is 121 Å². The van der Waals surface area contributed by atoms with Crippen LogP contribution in [0.15, 0.2) is 72.8 Å². The van der Waals surface area contributed by atoms with E-state index >= 15 is 0 Å². The second-order valence-corrected chi connectivity index (χ2v) is 9.94. The number of benzene rings is 4. The molecular formula is C32H30BNO6. The van der Waals surface area contributed by atoms with Gasteiger partial charge in [-0.25, -0.2) is 9.59 Å². The van der Waals surface area contributed by atoms with E-state index in [9.17, 15) is 29.4 Å². The zero-order valence-corrected chi connectivity index (χ0v) is 22.5. The van der Waals surface area contributed by atoms with Crippen LogP contribution in [0.4, 0.5) is 0 Å². The Balaban J connectivity index is 1.67. The summed E-state index contributed by atoms with van der Waals surface area (Å²) in [6.45, 7) is 4.27. The Morgan fingerprint density at radius 1 is 0.675 bits per heavy atom. The van der Waals surface area contributed by atoms with E-state index in [1.54, 1.807) is 0 Å². The highest BCUT2D eigenvalue weighted by Gasteiger charge is 2.25. The van der Waals surface area contributed by atoms with Crippen LogP contribution in [-0.2, 0) is 12.8 Å². The van der Waals surface area contributed by atoms with Gasteiger partial charge >= 0.3 is 11.9 Å². The molecular weight excluding hydrogens is 505 g/mol. The van der Waals surface area contributed by atoms with Gasteiger partial charge in [0.2, 0.25) is 7.28 Å².